The molecule has 0 unspecified atom stereocenters. The molecule has 0 radical (unpaired) electrons. The number of amides is 1. The van der Waals surface area contributed by atoms with Crippen molar-refractivity contribution in [1.29, 1.82) is 0 Å². The van der Waals surface area contributed by atoms with Crippen molar-refractivity contribution in [2.45, 2.75) is 32.1 Å². The molecule has 0 bridgehead atoms. The predicted octanol–water partition coefficient (Wildman–Crippen LogP) is 3.46. The molecule has 0 atom stereocenters. The van der Waals surface area contributed by atoms with Crippen LogP contribution in [-0.4, -0.2) is 33.6 Å². The summed E-state index contributed by atoms with van der Waals surface area (Å²) in [6.45, 7) is 0.326. The number of benzene rings is 2. The topological polar surface area (TPSA) is 131 Å². The van der Waals surface area contributed by atoms with Gasteiger partial charge >= 0.3 is 5.97 Å². The van der Waals surface area contributed by atoms with Crippen molar-refractivity contribution in [1.82, 2.24) is 5.32 Å². The minimum Gasteiger partial charge on any atom is -0.506 e. The summed E-state index contributed by atoms with van der Waals surface area (Å²) in [5.41, 5.74) is 1.03. The average molecular weight is 445 g/mol. The van der Waals surface area contributed by atoms with E-state index in [1.807, 2.05) is 30.3 Å². The van der Waals surface area contributed by atoms with E-state index in [4.69, 9.17) is 17.0 Å². The first-order valence-electron chi connectivity index (χ1n) is 9.63. The van der Waals surface area contributed by atoms with Gasteiger partial charge in [-0.15, -0.1) is 0 Å². The number of nitrogens with one attached hydrogen (secondary N) is 2. The summed E-state index contributed by atoms with van der Waals surface area (Å²) in [5.74, 6) is -1.14. The molecule has 0 fully saturated rings. The number of aromatic hydroxyl groups is 1. The second-order valence-corrected chi connectivity index (χ2v) is 7.03. The van der Waals surface area contributed by atoms with Gasteiger partial charge in [0, 0.05) is 18.9 Å². The summed E-state index contributed by atoms with van der Waals surface area (Å²) < 4.78 is 5.16. The van der Waals surface area contributed by atoms with E-state index in [-0.39, 0.29) is 41.0 Å². The van der Waals surface area contributed by atoms with E-state index in [1.54, 1.807) is 0 Å². The summed E-state index contributed by atoms with van der Waals surface area (Å²) in [6, 6.07) is 13.3. The highest BCUT2D eigenvalue weighted by Crippen LogP contribution is 2.27. The summed E-state index contributed by atoms with van der Waals surface area (Å²) in [6.07, 6.45) is 2.03. The zero-order valence-electron chi connectivity index (χ0n) is 16.7. The summed E-state index contributed by atoms with van der Waals surface area (Å²) in [4.78, 5) is 33.7. The van der Waals surface area contributed by atoms with Gasteiger partial charge < -0.3 is 20.5 Å². The SMILES string of the molecule is O=C(CCCC(=O)OCCCc1ccccc1)NC(=S)Nc1ccc([N+](=O)[O-])cc1O. The van der Waals surface area contributed by atoms with Gasteiger partial charge in [-0.2, -0.15) is 0 Å². The number of esters is 1. The lowest BCUT2D eigenvalue weighted by molar-refractivity contribution is -0.384. The molecule has 0 saturated carbocycles. The fraction of sp³-hybridized carbons (Fsp3) is 0.286. The fourth-order valence-corrected chi connectivity index (χ4v) is 2.88. The fourth-order valence-electron chi connectivity index (χ4n) is 2.65. The molecule has 3 N–H and O–H groups in total. The Hall–Kier alpha value is -3.53. The maximum Gasteiger partial charge on any atom is 0.305 e. The molecule has 2 aromatic rings. The van der Waals surface area contributed by atoms with Crippen LogP contribution in [0.5, 0.6) is 5.75 Å². The smallest absolute Gasteiger partial charge is 0.305 e. The molecule has 0 aliphatic heterocycles. The van der Waals surface area contributed by atoms with Gasteiger partial charge in [0.2, 0.25) is 5.91 Å². The number of aryl methyl sites for hydroxylation is 1. The molecule has 0 spiro atoms. The molecule has 0 saturated heterocycles. The molecule has 9 nitrogen and oxygen atoms in total. The van der Waals surface area contributed by atoms with Crippen LogP contribution in [-0.2, 0) is 20.7 Å². The number of hydrogen-bond donors (Lipinski definition) is 3. The standard InChI is InChI=1S/C21H23N3O6S/c25-18-14-16(24(28)29)11-12-17(18)22-21(31)23-19(26)9-4-10-20(27)30-13-5-8-15-6-2-1-3-7-15/h1-3,6-7,11-12,14,25H,4-5,8-10,13H2,(H2,22,23,26,31). The molecular formula is C21H23N3O6S. The van der Waals surface area contributed by atoms with Gasteiger partial charge in [0.1, 0.15) is 5.75 Å². The maximum atomic E-state index is 11.9. The highest BCUT2D eigenvalue weighted by Gasteiger charge is 2.12. The first-order chi connectivity index (χ1) is 14.8. The highest BCUT2D eigenvalue weighted by molar-refractivity contribution is 7.80. The number of phenolic OH excluding ortho intramolecular Hbond substituents is 1. The van der Waals surface area contributed by atoms with Crippen LogP contribution in [0.25, 0.3) is 0 Å². The van der Waals surface area contributed by atoms with E-state index >= 15 is 0 Å². The summed E-state index contributed by atoms with van der Waals surface area (Å²) in [5, 5.41) is 25.4. The van der Waals surface area contributed by atoms with Crippen molar-refractivity contribution in [3.05, 3.63) is 64.2 Å². The Morgan fingerprint density at radius 3 is 2.52 bits per heavy atom. The molecule has 0 aliphatic carbocycles. The molecule has 0 heterocycles. The van der Waals surface area contributed by atoms with E-state index in [0.29, 0.717) is 13.0 Å². The van der Waals surface area contributed by atoms with Crippen LogP contribution < -0.4 is 10.6 Å². The Bertz CT molecular complexity index is 936. The van der Waals surface area contributed by atoms with Crippen LogP contribution in [0, 0.1) is 10.1 Å². The molecule has 0 aromatic heterocycles. The van der Waals surface area contributed by atoms with Crippen LogP contribution in [0.2, 0.25) is 0 Å². The molecular weight excluding hydrogens is 422 g/mol. The van der Waals surface area contributed by atoms with Crippen molar-refractivity contribution in [3.63, 3.8) is 0 Å². The normalized spacial score (nSPS) is 10.2. The number of anilines is 1. The summed E-state index contributed by atoms with van der Waals surface area (Å²) >= 11 is 4.99. The number of carbonyl (C=O) groups excluding carboxylic acids is 2. The maximum absolute atomic E-state index is 11.9. The Morgan fingerprint density at radius 2 is 1.84 bits per heavy atom. The van der Waals surface area contributed by atoms with E-state index in [1.165, 1.54) is 17.7 Å². The first-order valence-corrected chi connectivity index (χ1v) is 10.0. The van der Waals surface area contributed by atoms with Crippen LogP contribution in [0.3, 0.4) is 0 Å². The number of hydrogen-bond acceptors (Lipinski definition) is 7. The van der Waals surface area contributed by atoms with Crippen LogP contribution in [0.4, 0.5) is 11.4 Å². The third-order valence-corrected chi connectivity index (χ3v) is 4.40. The Morgan fingerprint density at radius 1 is 1.10 bits per heavy atom. The Balaban J connectivity index is 1.61. The lowest BCUT2D eigenvalue weighted by atomic mass is 10.1. The van der Waals surface area contributed by atoms with Crippen molar-refractivity contribution < 1.29 is 24.4 Å². The minimum atomic E-state index is -0.641. The number of phenols is 1. The van der Waals surface area contributed by atoms with Gasteiger partial charge in [0.15, 0.2) is 5.11 Å². The van der Waals surface area contributed by atoms with Crippen LogP contribution in [0.15, 0.2) is 48.5 Å². The van der Waals surface area contributed by atoms with Crippen molar-refractivity contribution >= 4 is 40.6 Å². The van der Waals surface area contributed by atoms with Gasteiger partial charge in [0.25, 0.3) is 5.69 Å². The number of thiocarbonyl (C=S) groups is 1. The zero-order valence-corrected chi connectivity index (χ0v) is 17.5. The average Bonchev–Trinajstić information content (AvgIpc) is 2.73. The lowest BCUT2D eigenvalue weighted by Gasteiger charge is -2.10. The lowest BCUT2D eigenvalue weighted by Crippen LogP contribution is -2.34. The first kappa shape index (κ1) is 23.7. The van der Waals surface area contributed by atoms with Crippen molar-refractivity contribution in [3.8, 4) is 5.75 Å². The van der Waals surface area contributed by atoms with E-state index < -0.39 is 10.8 Å². The highest BCUT2D eigenvalue weighted by atomic mass is 32.1. The molecule has 164 valence electrons. The van der Waals surface area contributed by atoms with Gasteiger partial charge in [0.05, 0.1) is 23.3 Å². The van der Waals surface area contributed by atoms with Gasteiger partial charge in [-0.05, 0) is 43.1 Å². The number of ether oxygens (including phenoxy) is 1. The van der Waals surface area contributed by atoms with Gasteiger partial charge in [-0.1, -0.05) is 30.3 Å². The van der Waals surface area contributed by atoms with Crippen LogP contribution >= 0.6 is 12.2 Å². The summed E-state index contributed by atoms with van der Waals surface area (Å²) in [7, 11) is 0. The second kappa shape index (κ2) is 12.2. The molecule has 31 heavy (non-hydrogen) atoms. The molecule has 2 aromatic carbocycles. The molecule has 1 amide bonds. The number of non-ortho nitro benzene ring substituents is 1. The predicted molar refractivity (Wildman–Crippen MR) is 119 cm³/mol. The monoisotopic (exact) mass is 445 g/mol. The van der Waals surface area contributed by atoms with Gasteiger partial charge in [-0.25, -0.2) is 0 Å². The number of rotatable bonds is 10. The van der Waals surface area contributed by atoms with E-state index in [0.717, 1.165) is 18.9 Å². The van der Waals surface area contributed by atoms with Crippen molar-refractivity contribution in [2.75, 3.05) is 11.9 Å². The number of nitro groups is 1. The quantitative estimate of drug-likeness (QED) is 0.127. The van der Waals surface area contributed by atoms with E-state index in [9.17, 15) is 24.8 Å². The van der Waals surface area contributed by atoms with Crippen LogP contribution in [0.1, 0.15) is 31.2 Å². The minimum absolute atomic E-state index is 0.0627. The number of nitro benzene ring substituents is 1. The Kier molecular flexibility index (Phi) is 9.37. The number of carbonyl (C=O) groups is 2. The molecule has 10 heteroatoms. The van der Waals surface area contributed by atoms with Crippen molar-refractivity contribution in [2.24, 2.45) is 0 Å². The largest absolute Gasteiger partial charge is 0.506 e. The third kappa shape index (κ3) is 8.79. The Labute approximate surface area is 184 Å². The second-order valence-electron chi connectivity index (χ2n) is 6.62. The molecule has 2 rings (SSSR count). The van der Waals surface area contributed by atoms with E-state index in [2.05, 4.69) is 10.6 Å². The van der Waals surface area contributed by atoms with Gasteiger partial charge in [-0.3, -0.25) is 19.7 Å². The third-order valence-electron chi connectivity index (χ3n) is 4.19. The molecule has 0 aliphatic rings. The zero-order chi connectivity index (χ0) is 22.6. The number of nitrogens with zero attached hydrogens (tertiary/aromatic N) is 1.